The fourth-order valence-corrected chi connectivity index (χ4v) is 3.38. The Kier molecular flexibility index (Phi) is 4.56. The highest BCUT2D eigenvalue weighted by Crippen LogP contribution is 2.36. The van der Waals surface area contributed by atoms with Crippen molar-refractivity contribution < 1.29 is 4.74 Å². The first-order valence-corrected chi connectivity index (χ1v) is 8.18. The normalized spacial score (nSPS) is 26.7. The Morgan fingerprint density at radius 2 is 2.15 bits per heavy atom. The van der Waals surface area contributed by atoms with Crippen molar-refractivity contribution in [2.45, 2.75) is 38.1 Å². The van der Waals surface area contributed by atoms with Crippen molar-refractivity contribution in [3.63, 3.8) is 0 Å². The predicted octanol–water partition coefficient (Wildman–Crippen LogP) is 4.08. The Morgan fingerprint density at radius 3 is 2.85 bits per heavy atom. The van der Waals surface area contributed by atoms with Gasteiger partial charge in [-0.2, -0.15) is 0 Å². The van der Waals surface area contributed by atoms with Crippen molar-refractivity contribution in [2.75, 3.05) is 19.8 Å². The fraction of sp³-hybridized carbons (Fsp3) is 0.625. The van der Waals surface area contributed by atoms with E-state index in [4.69, 9.17) is 27.9 Å². The van der Waals surface area contributed by atoms with E-state index in [9.17, 15) is 0 Å². The predicted molar refractivity (Wildman–Crippen MR) is 83.7 cm³/mol. The summed E-state index contributed by atoms with van der Waals surface area (Å²) in [5.74, 6) is 0. The molecule has 4 heteroatoms. The first-order valence-electron chi connectivity index (χ1n) is 7.43. The molecule has 0 bridgehead atoms. The summed E-state index contributed by atoms with van der Waals surface area (Å²) < 4.78 is 5.76. The number of ether oxygens (including phenoxy) is 1. The number of benzene rings is 1. The Morgan fingerprint density at radius 1 is 1.30 bits per heavy atom. The summed E-state index contributed by atoms with van der Waals surface area (Å²) in [5.41, 5.74) is 1.30. The highest BCUT2D eigenvalue weighted by atomic mass is 35.5. The fourth-order valence-electron chi connectivity index (χ4n) is 2.99. The van der Waals surface area contributed by atoms with Crippen LogP contribution in [0, 0.1) is 5.41 Å². The van der Waals surface area contributed by atoms with Gasteiger partial charge >= 0.3 is 0 Å². The van der Waals surface area contributed by atoms with Crippen LogP contribution in [0.15, 0.2) is 18.2 Å². The van der Waals surface area contributed by atoms with Gasteiger partial charge in [0.05, 0.1) is 16.7 Å². The molecule has 1 saturated carbocycles. The van der Waals surface area contributed by atoms with Crippen LogP contribution in [0.4, 0.5) is 0 Å². The molecule has 110 valence electrons. The third-order valence-corrected chi connectivity index (χ3v) is 5.20. The first-order chi connectivity index (χ1) is 9.69. The van der Waals surface area contributed by atoms with Crippen LogP contribution in [0.1, 0.15) is 31.2 Å². The number of rotatable bonds is 5. The average Bonchev–Trinajstić information content (AvgIpc) is 3.27. The summed E-state index contributed by atoms with van der Waals surface area (Å²) >= 11 is 12.5. The Hall–Kier alpha value is -0.280. The van der Waals surface area contributed by atoms with Gasteiger partial charge in [-0.05, 0) is 43.7 Å². The van der Waals surface area contributed by atoms with Gasteiger partial charge in [0.25, 0.3) is 0 Å². The van der Waals surface area contributed by atoms with Gasteiger partial charge in [0, 0.05) is 24.6 Å². The van der Waals surface area contributed by atoms with Gasteiger partial charge in [-0.25, -0.2) is 0 Å². The molecule has 20 heavy (non-hydrogen) atoms. The van der Waals surface area contributed by atoms with Gasteiger partial charge < -0.3 is 10.1 Å². The maximum atomic E-state index is 6.36. The minimum Gasteiger partial charge on any atom is -0.381 e. The summed E-state index contributed by atoms with van der Waals surface area (Å²) in [6, 6.07) is 6.64. The van der Waals surface area contributed by atoms with E-state index in [0.29, 0.717) is 10.0 Å². The second kappa shape index (κ2) is 6.23. The largest absolute Gasteiger partial charge is 0.381 e. The molecule has 2 nitrogen and oxygen atoms in total. The third-order valence-electron chi connectivity index (χ3n) is 4.34. The molecule has 0 radical (unpaired) electrons. The quantitative estimate of drug-likeness (QED) is 0.884. The maximum absolute atomic E-state index is 6.36. The van der Waals surface area contributed by atoms with E-state index in [1.165, 1.54) is 19.3 Å². The van der Waals surface area contributed by atoms with E-state index in [1.807, 2.05) is 12.1 Å². The van der Waals surface area contributed by atoms with E-state index in [1.54, 1.807) is 0 Å². The zero-order valence-corrected chi connectivity index (χ0v) is 13.1. The molecule has 0 amide bonds. The summed E-state index contributed by atoms with van der Waals surface area (Å²) in [5, 5.41) is 5.01. The van der Waals surface area contributed by atoms with E-state index in [0.717, 1.165) is 44.2 Å². The second-order valence-corrected chi connectivity index (χ2v) is 6.99. The zero-order valence-electron chi connectivity index (χ0n) is 11.6. The Balaban J connectivity index is 1.75. The summed E-state index contributed by atoms with van der Waals surface area (Å²) in [4.78, 5) is 0. The van der Waals surface area contributed by atoms with Crippen molar-refractivity contribution in [1.29, 1.82) is 0 Å². The third kappa shape index (κ3) is 3.48. The van der Waals surface area contributed by atoms with Gasteiger partial charge in [-0.15, -0.1) is 0 Å². The maximum Gasteiger partial charge on any atom is 0.0624 e. The second-order valence-electron chi connectivity index (χ2n) is 6.20. The first kappa shape index (κ1) is 14.6. The molecule has 1 atom stereocenters. The molecule has 1 N–H and O–H groups in total. The van der Waals surface area contributed by atoms with Crippen molar-refractivity contribution in [3.05, 3.63) is 33.8 Å². The highest BCUT2D eigenvalue weighted by molar-refractivity contribution is 6.42. The lowest BCUT2D eigenvalue weighted by atomic mass is 9.77. The van der Waals surface area contributed by atoms with Crippen molar-refractivity contribution >= 4 is 23.2 Å². The average molecular weight is 314 g/mol. The van der Waals surface area contributed by atoms with Crippen LogP contribution in [-0.2, 0) is 11.2 Å². The molecule has 1 aromatic carbocycles. The topological polar surface area (TPSA) is 21.3 Å². The molecular weight excluding hydrogens is 293 g/mol. The molecule has 1 heterocycles. The lowest BCUT2D eigenvalue weighted by Gasteiger charge is -2.38. The molecule has 0 aromatic heterocycles. The zero-order chi connectivity index (χ0) is 14.0. The van der Waals surface area contributed by atoms with Crippen molar-refractivity contribution in [1.82, 2.24) is 5.32 Å². The lowest BCUT2D eigenvalue weighted by molar-refractivity contribution is -0.00733. The van der Waals surface area contributed by atoms with Gasteiger partial charge in [0.15, 0.2) is 0 Å². The summed E-state index contributed by atoms with van der Waals surface area (Å²) in [6.07, 6.45) is 5.88. The van der Waals surface area contributed by atoms with Gasteiger partial charge in [0.2, 0.25) is 0 Å². The summed E-state index contributed by atoms with van der Waals surface area (Å²) in [7, 11) is 0. The van der Waals surface area contributed by atoms with Gasteiger partial charge in [0.1, 0.15) is 0 Å². The molecule has 2 aliphatic rings. The monoisotopic (exact) mass is 313 g/mol. The van der Waals surface area contributed by atoms with Crippen LogP contribution < -0.4 is 5.32 Å². The van der Waals surface area contributed by atoms with Crippen molar-refractivity contribution in [3.8, 4) is 0 Å². The molecule has 3 rings (SSSR count). The smallest absolute Gasteiger partial charge is 0.0624 e. The molecule has 0 spiro atoms. The SMILES string of the molecule is Clc1cccc(CC2(CNC3CC3)CCCOC2)c1Cl. The Bertz CT molecular complexity index is 468. The van der Waals surface area contributed by atoms with E-state index >= 15 is 0 Å². The van der Waals surface area contributed by atoms with E-state index < -0.39 is 0 Å². The number of halogens is 2. The lowest BCUT2D eigenvalue weighted by Crippen LogP contribution is -2.43. The minimum atomic E-state index is 0.162. The molecule has 1 unspecified atom stereocenters. The van der Waals surface area contributed by atoms with E-state index in [-0.39, 0.29) is 5.41 Å². The minimum absolute atomic E-state index is 0.162. The molecule has 1 aliphatic carbocycles. The van der Waals surface area contributed by atoms with Gasteiger partial charge in [-0.3, -0.25) is 0 Å². The number of hydrogen-bond acceptors (Lipinski definition) is 2. The molecule has 1 aliphatic heterocycles. The number of hydrogen-bond donors (Lipinski definition) is 1. The van der Waals surface area contributed by atoms with E-state index in [2.05, 4.69) is 11.4 Å². The van der Waals surface area contributed by atoms with Gasteiger partial charge in [-0.1, -0.05) is 35.3 Å². The molecule has 1 aromatic rings. The van der Waals surface area contributed by atoms with Crippen molar-refractivity contribution in [2.24, 2.45) is 5.41 Å². The van der Waals surface area contributed by atoms with Crippen LogP contribution in [0.25, 0.3) is 0 Å². The number of nitrogens with one attached hydrogen (secondary N) is 1. The summed E-state index contributed by atoms with van der Waals surface area (Å²) in [6.45, 7) is 2.71. The van der Waals surface area contributed by atoms with Crippen LogP contribution >= 0.6 is 23.2 Å². The Labute approximate surface area is 130 Å². The molecule has 2 fully saturated rings. The van der Waals surface area contributed by atoms with Crippen LogP contribution in [0.2, 0.25) is 10.0 Å². The van der Waals surface area contributed by atoms with Crippen LogP contribution in [0.3, 0.4) is 0 Å². The highest BCUT2D eigenvalue weighted by Gasteiger charge is 2.35. The van der Waals surface area contributed by atoms with Crippen LogP contribution in [0.5, 0.6) is 0 Å². The molecular formula is C16H21Cl2NO. The standard InChI is InChI=1S/C16H21Cl2NO/c17-14-4-1-3-12(15(14)18)9-16(7-2-8-20-11-16)10-19-13-5-6-13/h1,3-4,13,19H,2,5-11H2. The molecule has 1 saturated heterocycles. The van der Waals surface area contributed by atoms with Crippen LogP contribution in [-0.4, -0.2) is 25.8 Å².